The van der Waals surface area contributed by atoms with Gasteiger partial charge in [0, 0.05) is 29.3 Å². The number of nitrogens with zero attached hydrogens (tertiary/aromatic N) is 2. The summed E-state index contributed by atoms with van der Waals surface area (Å²) in [6.07, 6.45) is -1.31. The van der Waals surface area contributed by atoms with Crippen LogP contribution in [0.4, 0.5) is 19.0 Å². The van der Waals surface area contributed by atoms with E-state index in [4.69, 9.17) is 0 Å². The zero-order valence-corrected chi connectivity index (χ0v) is 10.4. The van der Waals surface area contributed by atoms with Crippen LogP contribution in [-0.2, 0) is 0 Å². The van der Waals surface area contributed by atoms with E-state index in [9.17, 15) is 13.2 Å². The average Bonchev–Trinajstić information content (AvgIpc) is 2.29. The molecule has 0 N–H and O–H groups in total. The van der Waals surface area contributed by atoms with Crippen molar-refractivity contribution in [1.82, 2.24) is 4.98 Å². The Bertz CT molecular complexity index is 425. The van der Waals surface area contributed by atoms with Crippen LogP contribution in [0.2, 0.25) is 0 Å². The fourth-order valence-corrected chi connectivity index (χ4v) is 1.92. The Morgan fingerprint density at radius 2 is 2.06 bits per heavy atom. The first kappa shape index (κ1) is 12.4. The highest BCUT2D eigenvalue weighted by molar-refractivity contribution is 9.10. The van der Waals surface area contributed by atoms with E-state index in [1.807, 2.05) is 11.0 Å². The lowest BCUT2D eigenvalue weighted by Gasteiger charge is -2.28. The van der Waals surface area contributed by atoms with E-state index >= 15 is 0 Å². The van der Waals surface area contributed by atoms with Gasteiger partial charge in [-0.1, -0.05) is 6.08 Å². The second-order valence-corrected chi connectivity index (χ2v) is 4.67. The molecule has 0 fully saturated rings. The molecule has 17 heavy (non-hydrogen) atoms. The van der Waals surface area contributed by atoms with Crippen LogP contribution in [0.5, 0.6) is 0 Å². The second kappa shape index (κ2) is 4.68. The molecule has 1 aliphatic rings. The minimum atomic E-state index is -4.20. The molecule has 0 aromatic carbocycles. The molecule has 2 nitrogen and oxygen atoms in total. The lowest BCUT2D eigenvalue weighted by Crippen LogP contribution is -2.32. The van der Waals surface area contributed by atoms with E-state index in [0.717, 1.165) is 4.47 Å². The number of aromatic nitrogens is 1. The van der Waals surface area contributed by atoms with E-state index in [0.29, 0.717) is 12.4 Å². The summed E-state index contributed by atoms with van der Waals surface area (Å²) < 4.78 is 38.1. The van der Waals surface area contributed by atoms with Crippen molar-refractivity contribution < 1.29 is 13.2 Å². The summed E-state index contributed by atoms with van der Waals surface area (Å²) in [6, 6.07) is 3.61. The van der Waals surface area contributed by atoms with Crippen LogP contribution in [0.3, 0.4) is 0 Å². The van der Waals surface area contributed by atoms with E-state index in [1.54, 1.807) is 12.3 Å². The molecule has 0 aliphatic carbocycles. The van der Waals surface area contributed by atoms with E-state index in [2.05, 4.69) is 20.9 Å². The third-order valence-electron chi connectivity index (χ3n) is 2.61. The Morgan fingerprint density at radius 1 is 1.29 bits per heavy atom. The molecule has 0 amide bonds. The van der Waals surface area contributed by atoms with E-state index in [1.165, 1.54) is 6.08 Å². The van der Waals surface area contributed by atoms with Gasteiger partial charge in [0.2, 0.25) is 0 Å². The zero-order valence-electron chi connectivity index (χ0n) is 8.84. The lowest BCUT2D eigenvalue weighted by molar-refractivity contribution is -0.0944. The van der Waals surface area contributed by atoms with Gasteiger partial charge >= 0.3 is 6.18 Å². The number of anilines is 1. The van der Waals surface area contributed by atoms with Crippen molar-refractivity contribution in [2.24, 2.45) is 0 Å². The van der Waals surface area contributed by atoms with Crippen LogP contribution in [0.15, 0.2) is 34.5 Å². The molecule has 92 valence electrons. The summed E-state index contributed by atoms with van der Waals surface area (Å²) in [4.78, 5) is 5.98. The maximum atomic E-state index is 12.4. The third kappa shape index (κ3) is 3.00. The number of hydrogen-bond donors (Lipinski definition) is 0. The Morgan fingerprint density at radius 3 is 2.53 bits per heavy atom. The van der Waals surface area contributed by atoms with Crippen molar-refractivity contribution in [3.8, 4) is 0 Å². The monoisotopic (exact) mass is 306 g/mol. The summed E-state index contributed by atoms with van der Waals surface area (Å²) in [5.74, 6) is 0.700. The van der Waals surface area contributed by atoms with Gasteiger partial charge in [0.25, 0.3) is 0 Å². The largest absolute Gasteiger partial charge is 0.412 e. The molecule has 0 saturated heterocycles. The molecule has 0 unspecified atom stereocenters. The number of hydrogen-bond acceptors (Lipinski definition) is 2. The Kier molecular flexibility index (Phi) is 3.42. The summed E-state index contributed by atoms with van der Waals surface area (Å²) in [5.41, 5.74) is -0.439. The highest BCUT2D eigenvalue weighted by Gasteiger charge is 2.34. The van der Waals surface area contributed by atoms with Crippen LogP contribution >= 0.6 is 15.9 Å². The van der Waals surface area contributed by atoms with Crippen LogP contribution in [0.1, 0.15) is 6.42 Å². The molecule has 2 heterocycles. The molecule has 1 aromatic rings. The van der Waals surface area contributed by atoms with E-state index < -0.39 is 11.7 Å². The molecule has 0 saturated carbocycles. The Labute approximate surface area is 105 Å². The maximum Gasteiger partial charge on any atom is 0.412 e. The normalized spacial score (nSPS) is 16.9. The first-order chi connectivity index (χ1) is 7.97. The Hall–Kier alpha value is -1.04. The minimum Gasteiger partial charge on any atom is -0.353 e. The summed E-state index contributed by atoms with van der Waals surface area (Å²) in [7, 11) is 0. The summed E-state index contributed by atoms with van der Waals surface area (Å²) in [5, 5.41) is 0. The Balaban J connectivity index is 2.09. The smallest absolute Gasteiger partial charge is 0.353 e. The van der Waals surface area contributed by atoms with Crippen molar-refractivity contribution in [2.45, 2.75) is 12.6 Å². The van der Waals surface area contributed by atoms with Gasteiger partial charge < -0.3 is 4.90 Å². The first-order valence-corrected chi connectivity index (χ1v) is 5.89. The van der Waals surface area contributed by atoms with Gasteiger partial charge in [0.15, 0.2) is 0 Å². The van der Waals surface area contributed by atoms with E-state index in [-0.39, 0.29) is 13.0 Å². The predicted molar refractivity (Wildman–Crippen MR) is 62.9 cm³/mol. The van der Waals surface area contributed by atoms with Crippen LogP contribution in [0, 0.1) is 0 Å². The third-order valence-corrected chi connectivity index (χ3v) is 3.08. The molecule has 0 radical (unpaired) electrons. The summed E-state index contributed by atoms with van der Waals surface area (Å²) >= 11 is 3.26. The summed E-state index contributed by atoms with van der Waals surface area (Å²) in [6.45, 7) is 0.601. The number of alkyl halides is 3. The van der Waals surface area contributed by atoms with Gasteiger partial charge in [-0.15, -0.1) is 0 Å². The fourth-order valence-electron chi connectivity index (χ4n) is 1.69. The van der Waals surface area contributed by atoms with Crippen molar-refractivity contribution in [2.75, 3.05) is 18.0 Å². The van der Waals surface area contributed by atoms with Gasteiger partial charge in [-0.2, -0.15) is 13.2 Å². The molecule has 1 aliphatic heterocycles. The standard InChI is InChI=1S/C11H10BrF3N2/c12-9-1-2-10(16-7-9)17-5-3-8(4-6-17)11(13,14)15/h1-3,7H,4-6H2. The number of pyridine rings is 1. The lowest BCUT2D eigenvalue weighted by atomic mass is 10.1. The number of rotatable bonds is 1. The zero-order chi connectivity index (χ0) is 12.5. The molecular formula is C11H10BrF3N2. The number of halogens is 4. The molecule has 2 rings (SSSR count). The molecular weight excluding hydrogens is 297 g/mol. The van der Waals surface area contributed by atoms with Gasteiger partial charge in [-0.25, -0.2) is 4.98 Å². The highest BCUT2D eigenvalue weighted by atomic mass is 79.9. The molecule has 0 bridgehead atoms. The van der Waals surface area contributed by atoms with Crippen molar-refractivity contribution in [1.29, 1.82) is 0 Å². The fraction of sp³-hybridized carbons (Fsp3) is 0.364. The van der Waals surface area contributed by atoms with Crippen molar-refractivity contribution >= 4 is 21.7 Å². The topological polar surface area (TPSA) is 16.1 Å². The van der Waals surface area contributed by atoms with Gasteiger partial charge in [-0.3, -0.25) is 0 Å². The SMILES string of the molecule is FC(F)(F)C1=CCN(c2ccc(Br)cn2)CC1. The van der Waals surface area contributed by atoms with Crippen molar-refractivity contribution in [3.63, 3.8) is 0 Å². The van der Waals surface area contributed by atoms with Crippen LogP contribution < -0.4 is 4.90 Å². The quantitative estimate of drug-likeness (QED) is 0.738. The van der Waals surface area contributed by atoms with Gasteiger partial charge in [-0.05, 0) is 34.5 Å². The molecule has 0 atom stereocenters. The highest BCUT2D eigenvalue weighted by Crippen LogP contribution is 2.31. The van der Waals surface area contributed by atoms with Gasteiger partial charge in [0.05, 0.1) is 0 Å². The molecule has 1 aromatic heterocycles. The average molecular weight is 307 g/mol. The predicted octanol–water partition coefficient (Wildman–Crippen LogP) is 3.54. The molecule has 0 spiro atoms. The van der Waals surface area contributed by atoms with Gasteiger partial charge in [0.1, 0.15) is 5.82 Å². The maximum absolute atomic E-state index is 12.4. The molecule has 6 heteroatoms. The van der Waals surface area contributed by atoms with Crippen LogP contribution in [-0.4, -0.2) is 24.2 Å². The second-order valence-electron chi connectivity index (χ2n) is 3.76. The van der Waals surface area contributed by atoms with Crippen LogP contribution in [0.25, 0.3) is 0 Å². The minimum absolute atomic E-state index is 0.0151. The first-order valence-electron chi connectivity index (χ1n) is 5.09. The van der Waals surface area contributed by atoms with Crippen molar-refractivity contribution in [3.05, 3.63) is 34.5 Å².